The van der Waals surface area contributed by atoms with Gasteiger partial charge >= 0.3 is 0 Å². The van der Waals surface area contributed by atoms with Gasteiger partial charge in [0.15, 0.2) is 0 Å². The van der Waals surface area contributed by atoms with Crippen LogP contribution in [0, 0.1) is 0 Å². The molecule has 0 fully saturated rings. The van der Waals surface area contributed by atoms with E-state index in [1.54, 1.807) is 0 Å². The zero-order chi connectivity index (χ0) is 9.52. The lowest BCUT2D eigenvalue weighted by atomic mass is 10.2. The van der Waals surface area contributed by atoms with Gasteiger partial charge in [-0.05, 0) is 5.56 Å². The molecule has 4 N–H and O–H groups in total. The Hall–Kier alpha value is -0.900. The first kappa shape index (κ1) is 10.2. The second kappa shape index (κ2) is 5.70. The Morgan fingerprint density at radius 2 is 2.00 bits per heavy atom. The number of aliphatic hydroxyl groups excluding tert-OH is 1. The number of nitrogens with two attached hydrogens (primary N) is 1. The fraction of sp³-hybridized carbons (Fsp3) is 0.400. The summed E-state index contributed by atoms with van der Waals surface area (Å²) >= 11 is 0. The molecule has 13 heavy (non-hydrogen) atoms. The number of benzene rings is 1. The summed E-state index contributed by atoms with van der Waals surface area (Å²) in [4.78, 5) is 0. The molecule has 0 aliphatic carbocycles. The molecule has 0 amide bonds. The van der Waals surface area contributed by atoms with Crippen LogP contribution in [0.4, 0.5) is 0 Å². The van der Waals surface area contributed by atoms with Crippen LogP contribution in [0.15, 0.2) is 30.3 Å². The van der Waals surface area contributed by atoms with Crippen LogP contribution >= 0.6 is 0 Å². The molecule has 1 unspecified atom stereocenters. The minimum atomic E-state index is 0.000191. The van der Waals surface area contributed by atoms with Gasteiger partial charge in [-0.2, -0.15) is 0 Å². The molecule has 0 aliphatic rings. The molecule has 72 valence electrons. The molecule has 0 saturated carbocycles. The van der Waals surface area contributed by atoms with E-state index in [-0.39, 0.29) is 12.6 Å². The van der Waals surface area contributed by atoms with E-state index in [0.29, 0.717) is 6.54 Å². The van der Waals surface area contributed by atoms with Crippen molar-refractivity contribution in [2.45, 2.75) is 12.6 Å². The Morgan fingerprint density at radius 3 is 2.54 bits per heavy atom. The van der Waals surface area contributed by atoms with Crippen LogP contribution in [0.25, 0.3) is 0 Å². The van der Waals surface area contributed by atoms with Crippen LogP contribution < -0.4 is 11.1 Å². The Labute approximate surface area is 78.6 Å². The molecule has 1 atom stereocenters. The first-order valence-corrected chi connectivity index (χ1v) is 4.45. The molecule has 3 heteroatoms. The molecule has 3 nitrogen and oxygen atoms in total. The average molecular weight is 180 g/mol. The van der Waals surface area contributed by atoms with Crippen molar-refractivity contribution in [1.82, 2.24) is 5.32 Å². The normalized spacial score (nSPS) is 12.8. The fourth-order valence-electron chi connectivity index (χ4n) is 1.08. The van der Waals surface area contributed by atoms with Crippen molar-refractivity contribution in [1.29, 1.82) is 0 Å². The highest BCUT2D eigenvalue weighted by Crippen LogP contribution is 1.97. The first-order valence-electron chi connectivity index (χ1n) is 4.45. The predicted molar refractivity (Wildman–Crippen MR) is 53.2 cm³/mol. The van der Waals surface area contributed by atoms with E-state index in [1.807, 2.05) is 30.3 Å². The average Bonchev–Trinajstić information content (AvgIpc) is 2.21. The summed E-state index contributed by atoms with van der Waals surface area (Å²) in [5.41, 5.74) is 6.63. The van der Waals surface area contributed by atoms with Gasteiger partial charge in [-0.15, -0.1) is 0 Å². The maximum absolute atomic E-state index is 8.86. The predicted octanol–water partition coefficient (Wildman–Crippen LogP) is 0.0958. The van der Waals surface area contributed by atoms with E-state index in [1.165, 1.54) is 5.56 Å². The van der Waals surface area contributed by atoms with Crippen molar-refractivity contribution >= 4 is 0 Å². The summed E-state index contributed by atoms with van der Waals surface area (Å²) in [5, 5.41) is 12.0. The molecule has 0 radical (unpaired) electrons. The lowest BCUT2D eigenvalue weighted by Crippen LogP contribution is -2.38. The van der Waals surface area contributed by atoms with E-state index in [0.717, 1.165) is 6.54 Å². The van der Waals surface area contributed by atoms with Gasteiger partial charge in [0.25, 0.3) is 0 Å². The minimum Gasteiger partial charge on any atom is -0.395 e. The Bertz CT molecular complexity index is 222. The summed E-state index contributed by atoms with van der Waals surface area (Å²) in [6.07, 6.45) is 0. The standard InChI is InChI=1S/C10H16N2O/c11-6-10(8-13)12-7-9-4-2-1-3-5-9/h1-5,10,12-13H,6-8,11H2. The molecule has 0 saturated heterocycles. The third-order valence-electron chi connectivity index (χ3n) is 1.94. The Morgan fingerprint density at radius 1 is 1.31 bits per heavy atom. The van der Waals surface area contributed by atoms with Crippen LogP contribution in [0.5, 0.6) is 0 Å². The zero-order valence-electron chi connectivity index (χ0n) is 7.61. The van der Waals surface area contributed by atoms with E-state index in [2.05, 4.69) is 5.32 Å². The lowest BCUT2D eigenvalue weighted by Gasteiger charge is -2.13. The first-order chi connectivity index (χ1) is 6.36. The molecule has 0 spiro atoms. The molecule has 1 aromatic rings. The van der Waals surface area contributed by atoms with E-state index in [4.69, 9.17) is 10.8 Å². The highest BCUT2D eigenvalue weighted by molar-refractivity contribution is 5.14. The number of nitrogens with one attached hydrogen (secondary N) is 1. The fourth-order valence-corrected chi connectivity index (χ4v) is 1.08. The van der Waals surface area contributed by atoms with Gasteiger partial charge in [-0.25, -0.2) is 0 Å². The van der Waals surface area contributed by atoms with Crippen molar-refractivity contribution in [2.75, 3.05) is 13.2 Å². The molecular weight excluding hydrogens is 164 g/mol. The summed E-state index contributed by atoms with van der Waals surface area (Å²) < 4.78 is 0. The van der Waals surface area contributed by atoms with Crippen LogP contribution in [0.2, 0.25) is 0 Å². The highest BCUT2D eigenvalue weighted by Gasteiger charge is 2.02. The SMILES string of the molecule is NCC(CO)NCc1ccccc1. The van der Waals surface area contributed by atoms with Crippen LogP contribution in [-0.2, 0) is 6.54 Å². The number of aliphatic hydroxyl groups is 1. The zero-order valence-corrected chi connectivity index (χ0v) is 7.61. The van der Waals surface area contributed by atoms with Gasteiger partial charge in [0.2, 0.25) is 0 Å². The third kappa shape index (κ3) is 3.55. The summed E-state index contributed by atoms with van der Waals surface area (Å²) in [6, 6.07) is 10.0. The summed E-state index contributed by atoms with van der Waals surface area (Å²) in [5.74, 6) is 0. The molecule has 1 aromatic carbocycles. The smallest absolute Gasteiger partial charge is 0.0597 e. The van der Waals surface area contributed by atoms with Gasteiger partial charge < -0.3 is 16.2 Å². The quantitative estimate of drug-likeness (QED) is 0.602. The largest absolute Gasteiger partial charge is 0.395 e. The lowest BCUT2D eigenvalue weighted by molar-refractivity contribution is 0.245. The molecular formula is C10H16N2O. The van der Waals surface area contributed by atoms with Crippen LogP contribution in [-0.4, -0.2) is 24.3 Å². The van der Waals surface area contributed by atoms with Crippen molar-refractivity contribution in [3.8, 4) is 0 Å². The molecule has 0 bridgehead atoms. The maximum atomic E-state index is 8.86. The molecule has 0 aliphatic heterocycles. The van der Waals surface area contributed by atoms with Crippen LogP contribution in [0.1, 0.15) is 5.56 Å². The number of hydrogen-bond acceptors (Lipinski definition) is 3. The van der Waals surface area contributed by atoms with Gasteiger partial charge in [-0.3, -0.25) is 0 Å². The van der Waals surface area contributed by atoms with E-state index < -0.39 is 0 Å². The number of rotatable bonds is 5. The van der Waals surface area contributed by atoms with Gasteiger partial charge in [0.05, 0.1) is 6.61 Å². The van der Waals surface area contributed by atoms with Crippen molar-refractivity contribution in [3.05, 3.63) is 35.9 Å². The molecule has 0 heterocycles. The second-order valence-electron chi connectivity index (χ2n) is 2.98. The van der Waals surface area contributed by atoms with Crippen molar-refractivity contribution in [3.63, 3.8) is 0 Å². The van der Waals surface area contributed by atoms with Gasteiger partial charge in [0.1, 0.15) is 0 Å². The highest BCUT2D eigenvalue weighted by atomic mass is 16.3. The van der Waals surface area contributed by atoms with Crippen molar-refractivity contribution in [2.24, 2.45) is 5.73 Å². The maximum Gasteiger partial charge on any atom is 0.0597 e. The topological polar surface area (TPSA) is 58.3 Å². The van der Waals surface area contributed by atoms with E-state index >= 15 is 0 Å². The minimum absolute atomic E-state index is 0.000191. The Kier molecular flexibility index (Phi) is 4.46. The monoisotopic (exact) mass is 180 g/mol. The van der Waals surface area contributed by atoms with Crippen molar-refractivity contribution < 1.29 is 5.11 Å². The second-order valence-corrected chi connectivity index (χ2v) is 2.98. The Balaban J connectivity index is 2.34. The van der Waals surface area contributed by atoms with Gasteiger partial charge in [0, 0.05) is 19.1 Å². The van der Waals surface area contributed by atoms with E-state index in [9.17, 15) is 0 Å². The summed E-state index contributed by atoms with van der Waals surface area (Å²) in [6.45, 7) is 1.30. The molecule has 0 aromatic heterocycles. The molecule has 1 rings (SSSR count). The third-order valence-corrected chi connectivity index (χ3v) is 1.94. The summed E-state index contributed by atoms with van der Waals surface area (Å²) in [7, 11) is 0. The van der Waals surface area contributed by atoms with Gasteiger partial charge in [-0.1, -0.05) is 30.3 Å². The number of hydrogen-bond donors (Lipinski definition) is 3. The van der Waals surface area contributed by atoms with Crippen LogP contribution in [0.3, 0.4) is 0 Å².